The fraction of sp³-hybridized carbons (Fsp3) is 0.0526. The van der Waals surface area contributed by atoms with Gasteiger partial charge in [-0.25, -0.2) is 0 Å². The standard InChI is InChI=1S/C19H15F3N2OS.H2/c1-3-7-13(4-2)24-18(25)15-8-5-6-9-16(15)23-12-14-10-11-17(26-14)19(20,21)22;/h3-12H,1-2H2,(H,24,25);1H/b13-7+,23-12?;. The minimum Gasteiger partial charge on any atom is -0.322 e. The summed E-state index contributed by atoms with van der Waals surface area (Å²) in [5, 5.41) is 2.66. The van der Waals surface area contributed by atoms with Crippen molar-refractivity contribution in [3.8, 4) is 0 Å². The molecule has 0 aliphatic rings. The fourth-order valence-electron chi connectivity index (χ4n) is 1.97. The lowest BCUT2D eigenvalue weighted by molar-refractivity contribution is -0.134. The quantitative estimate of drug-likeness (QED) is 0.505. The third-order valence-electron chi connectivity index (χ3n) is 3.16. The molecule has 0 atom stereocenters. The molecular formula is C19H17F3N2OS. The Kier molecular flexibility index (Phi) is 6.30. The van der Waals surface area contributed by atoms with Crippen molar-refractivity contribution in [2.24, 2.45) is 4.99 Å². The highest BCUT2D eigenvalue weighted by Crippen LogP contribution is 2.34. The summed E-state index contributed by atoms with van der Waals surface area (Å²) in [6.07, 6.45) is 1.49. The maximum absolute atomic E-state index is 12.6. The van der Waals surface area contributed by atoms with Crippen LogP contribution in [-0.2, 0) is 6.18 Å². The number of para-hydroxylation sites is 1. The second-order valence-corrected chi connectivity index (χ2v) is 6.11. The molecular weight excluding hydrogens is 361 g/mol. The second kappa shape index (κ2) is 8.44. The number of carbonyl (C=O) groups excluding carboxylic acids is 1. The second-order valence-electron chi connectivity index (χ2n) is 4.99. The topological polar surface area (TPSA) is 41.5 Å². The Balaban J connectivity index is 0.00000364. The van der Waals surface area contributed by atoms with Gasteiger partial charge in [-0.2, -0.15) is 13.2 Å². The number of amides is 1. The number of halogens is 3. The zero-order valence-electron chi connectivity index (χ0n) is 13.6. The summed E-state index contributed by atoms with van der Waals surface area (Å²) in [6, 6.07) is 8.88. The van der Waals surface area contributed by atoms with E-state index in [2.05, 4.69) is 23.5 Å². The molecule has 0 aliphatic carbocycles. The van der Waals surface area contributed by atoms with Gasteiger partial charge in [0.1, 0.15) is 4.88 Å². The number of aliphatic imine (C=N–C) groups is 1. The summed E-state index contributed by atoms with van der Waals surface area (Å²) in [6.45, 7) is 7.15. The van der Waals surface area contributed by atoms with Crippen LogP contribution < -0.4 is 5.32 Å². The Morgan fingerprint density at radius 1 is 1.19 bits per heavy atom. The minimum absolute atomic E-state index is 0. The third kappa shape index (κ3) is 5.03. The molecule has 1 aromatic heterocycles. The highest BCUT2D eigenvalue weighted by atomic mass is 32.1. The van der Waals surface area contributed by atoms with E-state index in [1.807, 2.05) is 0 Å². The molecule has 1 heterocycles. The maximum atomic E-state index is 12.6. The van der Waals surface area contributed by atoms with Gasteiger partial charge >= 0.3 is 6.18 Å². The van der Waals surface area contributed by atoms with Gasteiger partial charge in [-0.05, 0) is 36.4 Å². The molecule has 7 heteroatoms. The highest BCUT2D eigenvalue weighted by Gasteiger charge is 2.32. The lowest BCUT2D eigenvalue weighted by atomic mass is 10.1. The van der Waals surface area contributed by atoms with Gasteiger partial charge < -0.3 is 5.32 Å². The molecule has 136 valence electrons. The van der Waals surface area contributed by atoms with E-state index in [1.165, 1.54) is 24.4 Å². The molecule has 1 amide bonds. The van der Waals surface area contributed by atoms with Crippen molar-refractivity contribution < 1.29 is 19.4 Å². The third-order valence-corrected chi connectivity index (χ3v) is 4.23. The van der Waals surface area contributed by atoms with E-state index in [0.717, 1.165) is 6.07 Å². The number of nitrogens with zero attached hydrogens (tertiary/aromatic N) is 1. The van der Waals surface area contributed by atoms with Crippen LogP contribution in [0.3, 0.4) is 0 Å². The predicted octanol–water partition coefficient (Wildman–Crippen LogP) is 5.75. The molecule has 0 unspecified atom stereocenters. The van der Waals surface area contributed by atoms with Gasteiger partial charge in [-0.15, -0.1) is 11.3 Å². The molecule has 0 spiro atoms. The Morgan fingerprint density at radius 3 is 2.54 bits per heavy atom. The summed E-state index contributed by atoms with van der Waals surface area (Å²) in [5.74, 6) is -0.409. The van der Waals surface area contributed by atoms with E-state index < -0.39 is 17.0 Å². The van der Waals surface area contributed by atoms with Crippen LogP contribution in [0.4, 0.5) is 18.9 Å². The van der Waals surface area contributed by atoms with Crippen LogP contribution in [0.25, 0.3) is 0 Å². The van der Waals surface area contributed by atoms with Gasteiger partial charge in [0.25, 0.3) is 5.91 Å². The Hall–Kier alpha value is -2.93. The van der Waals surface area contributed by atoms with E-state index in [4.69, 9.17) is 0 Å². The molecule has 26 heavy (non-hydrogen) atoms. The molecule has 1 aromatic carbocycles. The number of nitrogens with one attached hydrogen (secondary N) is 1. The van der Waals surface area contributed by atoms with Gasteiger partial charge in [0.15, 0.2) is 0 Å². The molecule has 3 nitrogen and oxygen atoms in total. The highest BCUT2D eigenvalue weighted by molar-refractivity contribution is 7.13. The lowest BCUT2D eigenvalue weighted by Crippen LogP contribution is -2.21. The number of benzene rings is 1. The molecule has 0 aliphatic heterocycles. The number of carbonyl (C=O) groups is 1. The average molecular weight is 378 g/mol. The average Bonchev–Trinajstić information content (AvgIpc) is 3.09. The largest absolute Gasteiger partial charge is 0.425 e. The van der Waals surface area contributed by atoms with E-state index >= 15 is 0 Å². The van der Waals surface area contributed by atoms with Crippen molar-refractivity contribution in [1.82, 2.24) is 5.32 Å². The smallest absolute Gasteiger partial charge is 0.322 e. The van der Waals surface area contributed by atoms with Gasteiger partial charge in [-0.1, -0.05) is 31.4 Å². The SMILES string of the molecule is C=C/C=C(\C=C)NC(=O)c1ccccc1N=Cc1ccc(C(F)(F)F)s1.[HH]. The first-order valence-corrected chi connectivity index (χ1v) is 8.23. The monoisotopic (exact) mass is 378 g/mol. The molecule has 0 bridgehead atoms. The minimum atomic E-state index is -4.38. The first kappa shape index (κ1) is 19.4. The number of allylic oxidation sites excluding steroid dienone is 3. The van der Waals surface area contributed by atoms with Crippen molar-refractivity contribution in [3.63, 3.8) is 0 Å². The fourth-order valence-corrected chi connectivity index (χ4v) is 2.72. The van der Waals surface area contributed by atoms with Crippen molar-refractivity contribution >= 4 is 29.1 Å². The van der Waals surface area contributed by atoms with Gasteiger partial charge in [0, 0.05) is 18.2 Å². The number of alkyl halides is 3. The Morgan fingerprint density at radius 2 is 1.92 bits per heavy atom. The van der Waals surface area contributed by atoms with Crippen LogP contribution in [0, 0.1) is 0 Å². The molecule has 0 fully saturated rings. The molecule has 2 aromatic rings. The van der Waals surface area contributed by atoms with E-state index in [1.54, 1.807) is 30.3 Å². The number of rotatable bonds is 6. The first-order valence-electron chi connectivity index (χ1n) is 7.42. The number of hydrogen-bond donors (Lipinski definition) is 1. The Bertz CT molecular complexity index is 885. The van der Waals surface area contributed by atoms with E-state index in [9.17, 15) is 18.0 Å². The summed E-state index contributed by atoms with van der Waals surface area (Å²) < 4.78 is 37.9. The summed E-state index contributed by atoms with van der Waals surface area (Å²) >= 11 is 0.586. The summed E-state index contributed by atoms with van der Waals surface area (Å²) in [4.78, 5) is 16.2. The van der Waals surface area contributed by atoms with Crippen molar-refractivity contribution in [1.29, 1.82) is 0 Å². The zero-order valence-corrected chi connectivity index (χ0v) is 14.4. The Labute approximate surface area is 154 Å². The van der Waals surface area contributed by atoms with Gasteiger partial charge in [0.05, 0.1) is 11.3 Å². The zero-order chi connectivity index (χ0) is 19.2. The van der Waals surface area contributed by atoms with Gasteiger partial charge in [-0.3, -0.25) is 9.79 Å². The van der Waals surface area contributed by atoms with Crippen LogP contribution in [-0.4, -0.2) is 12.1 Å². The van der Waals surface area contributed by atoms with Crippen LogP contribution in [0.15, 0.2) is 78.5 Å². The number of hydrogen-bond acceptors (Lipinski definition) is 3. The normalized spacial score (nSPS) is 12.2. The predicted molar refractivity (Wildman–Crippen MR) is 101 cm³/mol. The van der Waals surface area contributed by atoms with Crippen LogP contribution in [0.1, 0.15) is 21.5 Å². The molecule has 2 rings (SSSR count). The van der Waals surface area contributed by atoms with Crippen LogP contribution >= 0.6 is 11.3 Å². The van der Waals surface area contributed by atoms with Crippen molar-refractivity contribution in [3.05, 3.63) is 88.8 Å². The molecule has 1 N–H and O–H groups in total. The summed E-state index contributed by atoms with van der Waals surface area (Å²) in [7, 11) is 0. The van der Waals surface area contributed by atoms with Crippen molar-refractivity contribution in [2.45, 2.75) is 6.18 Å². The van der Waals surface area contributed by atoms with Crippen LogP contribution in [0.2, 0.25) is 0 Å². The van der Waals surface area contributed by atoms with E-state index in [-0.39, 0.29) is 6.99 Å². The van der Waals surface area contributed by atoms with E-state index in [0.29, 0.717) is 27.6 Å². The molecule has 0 saturated carbocycles. The molecule has 0 saturated heterocycles. The summed E-state index contributed by atoms with van der Waals surface area (Å²) in [5.41, 5.74) is 1.10. The van der Waals surface area contributed by atoms with Crippen LogP contribution in [0.5, 0.6) is 0 Å². The lowest BCUT2D eigenvalue weighted by Gasteiger charge is -2.07. The van der Waals surface area contributed by atoms with Gasteiger partial charge in [0.2, 0.25) is 0 Å². The molecule has 0 radical (unpaired) electrons. The first-order chi connectivity index (χ1) is 12.3. The number of thiophene rings is 1. The maximum Gasteiger partial charge on any atom is 0.425 e. The van der Waals surface area contributed by atoms with Crippen molar-refractivity contribution in [2.75, 3.05) is 0 Å².